The van der Waals surface area contributed by atoms with Crippen molar-refractivity contribution in [3.63, 3.8) is 0 Å². The number of ether oxygens (including phenoxy) is 1. The molecule has 0 aliphatic carbocycles. The van der Waals surface area contributed by atoms with Crippen molar-refractivity contribution in [3.05, 3.63) is 58.1 Å². The van der Waals surface area contributed by atoms with Crippen molar-refractivity contribution in [3.8, 4) is 16.9 Å². The molecule has 0 unspecified atom stereocenters. The van der Waals surface area contributed by atoms with Crippen molar-refractivity contribution in [2.75, 3.05) is 19.4 Å². The maximum Gasteiger partial charge on any atom is 0.341 e. The third-order valence-corrected chi connectivity index (χ3v) is 5.07. The summed E-state index contributed by atoms with van der Waals surface area (Å²) in [6.07, 6.45) is 3.07. The van der Waals surface area contributed by atoms with Gasteiger partial charge in [-0.05, 0) is 18.2 Å². The maximum absolute atomic E-state index is 12.5. The van der Waals surface area contributed by atoms with Crippen LogP contribution in [-0.2, 0) is 4.74 Å². The van der Waals surface area contributed by atoms with Crippen LogP contribution in [0.1, 0.15) is 20.7 Å². The lowest BCUT2D eigenvalue weighted by molar-refractivity contribution is 0.0600. The molecule has 3 aliphatic rings. The Morgan fingerprint density at radius 3 is 2.93 bits per heavy atom. The number of aromatic nitrogens is 3. The summed E-state index contributed by atoms with van der Waals surface area (Å²) < 4.78 is 6.38. The first-order valence-corrected chi connectivity index (χ1v) is 9.33. The normalized spacial score (nSPS) is 13.4. The molecule has 0 radical (unpaired) electrons. The number of hydrogen-bond donors (Lipinski definition) is 2. The topological polar surface area (TPSA) is 118 Å². The fourth-order valence-corrected chi connectivity index (χ4v) is 3.56. The van der Waals surface area contributed by atoms with E-state index in [-0.39, 0.29) is 22.7 Å². The van der Waals surface area contributed by atoms with Gasteiger partial charge in [-0.15, -0.1) is 0 Å². The summed E-state index contributed by atoms with van der Waals surface area (Å²) in [6.45, 7) is 0.689. The number of hydrogen-bond acceptors (Lipinski definition) is 7. The van der Waals surface area contributed by atoms with Crippen LogP contribution in [0.3, 0.4) is 0 Å². The molecule has 9 nitrogen and oxygen atoms in total. The van der Waals surface area contributed by atoms with E-state index < -0.39 is 11.5 Å². The van der Waals surface area contributed by atoms with Crippen LogP contribution in [0, 0.1) is 0 Å². The van der Waals surface area contributed by atoms with Gasteiger partial charge in [0.25, 0.3) is 11.5 Å². The second-order valence-corrected chi connectivity index (χ2v) is 7.01. The summed E-state index contributed by atoms with van der Waals surface area (Å²) in [6, 6.07) is 6.82. The number of amidine groups is 1. The van der Waals surface area contributed by atoms with Gasteiger partial charge in [-0.2, -0.15) is 5.10 Å². The molecule has 2 N–H and O–H groups in total. The standard InChI is InChI=1S/C18H15N5O4S/c1-27-17(26)13-9-23(8-12-14(13)21-22-16(12)25)11-4-2-3-10(7-11)15(24)20-18-19-5-6-28-18/h2-4,7-9H,5-6H2,1H3,(H,22,25)(H,19,20,24). The SMILES string of the molecule is COC(=O)c1cn(-c2cccc(C(=O)NC3=NCCS3)c2)cc2c(=O)[nH]nc1-2. The Morgan fingerprint density at radius 1 is 1.32 bits per heavy atom. The number of H-pyrrole nitrogens is 1. The number of methoxy groups -OCH3 is 1. The van der Waals surface area contributed by atoms with E-state index >= 15 is 0 Å². The molecule has 3 aliphatic heterocycles. The van der Waals surface area contributed by atoms with Crippen molar-refractivity contribution in [2.24, 2.45) is 4.99 Å². The van der Waals surface area contributed by atoms with Gasteiger partial charge in [0.15, 0.2) is 5.17 Å². The van der Waals surface area contributed by atoms with Crippen LogP contribution in [0.25, 0.3) is 16.9 Å². The smallest absolute Gasteiger partial charge is 0.341 e. The second kappa shape index (κ2) is 7.31. The van der Waals surface area contributed by atoms with Crippen LogP contribution < -0.4 is 10.9 Å². The molecular weight excluding hydrogens is 382 g/mol. The van der Waals surface area contributed by atoms with Gasteiger partial charge in [0.1, 0.15) is 11.3 Å². The molecule has 0 fully saturated rings. The minimum atomic E-state index is -0.615. The molecule has 4 rings (SSSR count). The third-order valence-electron chi connectivity index (χ3n) is 4.18. The van der Waals surface area contributed by atoms with Gasteiger partial charge in [0.05, 0.1) is 19.2 Å². The number of aliphatic imine (C=N–C) groups is 1. The minimum absolute atomic E-state index is 0.143. The monoisotopic (exact) mass is 397 g/mol. The first kappa shape index (κ1) is 18.0. The average Bonchev–Trinajstić information content (AvgIpc) is 3.36. The number of pyridine rings is 1. The Bertz CT molecular complexity index is 1130. The average molecular weight is 397 g/mol. The molecule has 0 saturated heterocycles. The molecule has 1 aromatic carbocycles. The number of nitrogens with one attached hydrogen (secondary N) is 2. The Kier molecular flexibility index (Phi) is 4.70. The quantitative estimate of drug-likeness (QED) is 0.643. The van der Waals surface area contributed by atoms with E-state index in [1.54, 1.807) is 35.0 Å². The van der Waals surface area contributed by atoms with E-state index in [1.807, 2.05) is 0 Å². The number of benzene rings is 1. The van der Waals surface area contributed by atoms with Gasteiger partial charge in [0.2, 0.25) is 0 Å². The van der Waals surface area contributed by atoms with Gasteiger partial charge in [-0.25, -0.2) is 9.89 Å². The number of aromatic amines is 1. The van der Waals surface area contributed by atoms with E-state index in [2.05, 4.69) is 20.5 Å². The number of rotatable bonds is 3. The van der Waals surface area contributed by atoms with Gasteiger partial charge in [0, 0.05) is 29.4 Å². The highest BCUT2D eigenvalue weighted by Gasteiger charge is 2.22. The van der Waals surface area contributed by atoms with Crippen LogP contribution in [-0.4, -0.2) is 51.2 Å². The Morgan fingerprint density at radius 2 is 2.18 bits per heavy atom. The van der Waals surface area contributed by atoms with Crippen LogP contribution in [0.2, 0.25) is 0 Å². The minimum Gasteiger partial charge on any atom is -0.465 e. The Labute approximate surface area is 163 Å². The molecule has 10 heteroatoms. The second-order valence-electron chi connectivity index (χ2n) is 5.93. The van der Waals surface area contributed by atoms with Crippen LogP contribution in [0.4, 0.5) is 0 Å². The number of thioether (sulfide) groups is 1. The number of amides is 1. The van der Waals surface area contributed by atoms with E-state index in [1.165, 1.54) is 25.1 Å². The summed E-state index contributed by atoms with van der Waals surface area (Å²) in [4.78, 5) is 40.8. The van der Waals surface area contributed by atoms with Gasteiger partial charge in [-0.1, -0.05) is 17.8 Å². The van der Waals surface area contributed by atoms with Crippen molar-refractivity contribution >= 4 is 28.8 Å². The summed E-state index contributed by atoms with van der Waals surface area (Å²) >= 11 is 1.49. The zero-order chi connectivity index (χ0) is 19.7. The largest absolute Gasteiger partial charge is 0.465 e. The van der Waals surface area contributed by atoms with Crippen molar-refractivity contribution in [2.45, 2.75) is 0 Å². The highest BCUT2D eigenvalue weighted by molar-refractivity contribution is 8.14. The third kappa shape index (κ3) is 3.29. The summed E-state index contributed by atoms with van der Waals surface area (Å²) in [5.41, 5.74) is 1.23. The lowest BCUT2D eigenvalue weighted by atomic mass is 10.1. The molecule has 0 atom stereocenters. The van der Waals surface area contributed by atoms with Crippen LogP contribution in [0.15, 0.2) is 46.4 Å². The molecule has 1 amide bonds. The molecule has 1 aromatic rings. The molecular formula is C18H15N5O4S. The number of esters is 1. The molecule has 28 heavy (non-hydrogen) atoms. The van der Waals surface area contributed by atoms with E-state index in [9.17, 15) is 14.4 Å². The van der Waals surface area contributed by atoms with E-state index in [0.29, 0.717) is 23.0 Å². The lowest BCUT2D eigenvalue weighted by Gasteiger charge is -2.13. The number of carbonyl (C=O) groups excluding carboxylic acids is 2. The predicted octanol–water partition coefficient (Wildman–Crippen LogP) is 1.28. The highest BCUT2D eigenvalue weighted by atomic mass is 32.2. The molecule has 0 bridgehead atoms. The van der Waals surface area contributed by atoms with Crippen molar-refractivity contribution < 1.29 is 14.3 Å². The molecule has 0 saturated carbocycles. The summed E-state index contributed by atoms with van der Waals surface area (Å²) in [5, 5.41) is 9.61. The van der Waals surface area contributed by atoms with E-state index in [0.717, 1.165) is 5.75 Å². The Hall–Kier alpha value is -3.40. The van der Waals surface area contributed by atoms with Crippen molar-refractivity contribution in [1.82, 2.24) is 20.1 Å². The fourth-order valence-electron chi connectivity index (χ4n) is 2.83. The number of carbonyl (C=O) groups is 2. The van der Waals surface area contributed by atoms with E-state index in [4.69, 9.17) is 4.74 Å². The van der Waals surface area contributed by atoms with Gasteiger partial charge in [-0.3, -0.25) is 14.6 Å². The number of fused-ring (bicyclic) bond motifs is 1. The van der Waals surface area contributed by atoms with Gasteiger partial charge < -0.3 is 14.6 Å². The first-order valence-electron chi connectivity index (χ1n) is 8.34. The molecule has 142 valence electrons. The van der Waals surface area contributed by atoms with Crippen LogP contribution >= 0.6 is 11.8 Å². The summed E-state index contributed by atoms with van der Waals surface area (Å²) in [7, 11) is 1.25. The summed E-state index contributed by atoms with van der Waals surface area (Å²) in [5.74, 6) is -0.0435. The predicted molar refractivity (Wildman–Crippen MR) is 104 cm³/mol. The molecule has 0 aromatic heterocycles. The first-order chi connectivity index (χ1) is 13.6. The van der Waals surface area contributed by atoms with Gasteiger partial charge >= 0.3 is 5.97 Å². The molecule has 0 spiro atoms. The van der Waals surface area contributed by atoms with Crippen LogP contribution in [0.5, 0.6) is 0 Å². The maximum atomic E-state index is 12.5. The zero-order valence-electron chi connectivity index (χ0n) is 14.8. The lowest BCUT2D eigenvalue weighted by Crippen LogP contribution is -2.27. The van der Waals surface area contributed by atoms with Crippen molar-refractivity contribution in [1.29, 1.82) is 0 Å². The zero-order valence-corrected chi connectivity index (χ0v) is 15.6. The Balaban J connectivity index is 1.75. The fraction of sp³-hybridized carbons (Fsp3) is 0.167. The highest BCUT2D eigenvalue weighted by Crippen LogP contribution is 2.23. The molecule has 3 heterocycles. The number of nitrogens with zero attached hydrogens (tertiary/aromatic N) is 3.